The lowest BCUT2D eigenvalue weighted by Gasteiger charge is -2.30. The normalized spacial score (nSPS) is 18.6. The Kier molecular flexibility index (Phi) is 7.09. The highest BCUT2D eigenvalue weighted by Gasteiger charge is 2.22. The summed E-state index contributed by atoms with van der Waals surface area (Å²) in [5.74, 6) is 2.38. The van der Waals surface area contributed by atoms with Crippen LogP contribution >= 0.6 is 12.2 Å². The smallest absolute Gasteiger partial charge is 0.224 e. The number of aromatic nitrogens is 2. The van der Waals surface area contributed by atoms with Gasteiger partial charge in [-0.1, -0.05) is 6.07 Å². The molecule has 1 aromatic heterocycles. The molecule has 8 heteroatoms. The fraction of sp³-hybridized carbons (Fsp3) is 0.476. The van der Waals surface area contributed by atoms with Crippen LogP contribution in [-0.2, 0) is 0 Å². The molecule has 1 heterocycles. The third kappa shape index (κ3) is 5.93. The monoisotopic (exact) mass is 414 g/mol. The Labute approximate surface area is 178 Å². The molecule has 156 valence electrons. The number of rotatable bonds is 6. The highest BCUT2D eigenvalue weighted by Crippen LogP contribution is 2.26. The summed E-state index contributed by atoms with van der Waals surface area (Å²) in [6.45, 7) is 2.05. The minimum atomic E-state index is 0.359. The molecule has 1 aliphatic carbocycles. The van der Waals surface area contributed by atoms with E-state index in [0.717, 1.165) is 48.5 Å². The van der Waals surface area contributed by atoms with Crippen molar-refractivity contribution in [2.45, 2.75) is 44.7 Å². The molecule has 0 radical (unpaired) electrons. The van der Waals surface area contributed by atoms with Crippen molar-refractivity contribution in [2.75, 3.05) is 36.7 Å². The lowest BCUT2D eigenvalue weighted by atomic mass is 9.91. The van der Waals surface area contributed by atoms with Gasteiger partial charge >= 0.3 is 0 Å². The van der Waals surface area contributed by atoms with Gasteiger partial charge in [-0.3, -0.25) is 0 Å². The molecule has 1 aromatic carbocycles. The summed E-state index contributed by atoms with van der Waals surface area (Å²) in [6.07, 6.45) is 5.96. The van der Waals surface area contributed by atoms with Gasteiger partial charge in [-0.15, -0.1) is 0 Å². The highest BCUT2D eigenvalue weighted by molar-refractivity contribution is 7.80. The van der Waals surface area contributed by atoms with Gasteiger partial charge in [0.05, 0.1) is 12.8 Å². The molecule has 0 amide bonds. The van der Waals surface area contributed by atoms with Crippen LogP contribution in [-0.4, -0.2) is 48.4 Å². The van der Waals surface area contributed by atoms with E-state index in [4.69, 9.17) is 17.0 Å². The number of benzene rings is 1. The maximum Gasteiger partial charge on any atom is 0.224 e. The first-order valence-corrected chi connectivity index (χ1v) is 10.3. The molecule has 7 nitrogen and oxygen atoms in total. The van der Waals surface area contributed by atoms with Crippen LogP contribution in [0.25, 0.3) is 0 Å². The molecule has 0 atom stereocenters. The number of ether oxygens (including phenoxy) is 1. The van der Waals surface area contributed by atoms with E-state index >= 15 is 0 Å². The van der Waals surface area contributed by atoms with E-state index in [1.165, 1.54) is 0 Å². The molecule has 3 rings (SSSR count). The number of anilines is 3. The summed E-state index contributed by atoms with van der Waals surface area (Å²) in [7, 11) is 5.62. The average molecular weight is 415 g/mol. The standard InChI is InChI=1S/C21H30N6OS/c1-14-5-10-18(28-4)17(13-14)25-21(29)24-16-8-6-15(7-9-16)23-20-22-12-11-19(26-20)27(2)3/h5,10-13,15-16H,6-9H2,1-4H3,(H,22,23,26)(H2,24,25,29). The Morgan fingerprint density at radius 1 is 1.14 bits per heavy atom. The minimum absolute atomic E-state index is 0.359. The Morgan fingerprint density at radius 3 is 2.55 bits per heavy atom. The summed E-state index contributed by atoms with van der Waals surface area (Å²) in [4.78, 5) is 10.9. The van der Waals surface area contributed by atoms with E-state index in [2.05, 4.69) is 25.9 Å². The Hall–Kier alpha value is -2.61. The third-order valence-corrected chi connectivity index (χ3v) is 5.32. The van der Waals surface area contributed by atoms with E-state index in [0.29, 0.717) is 23.1 Å². The molecular formula is C21H30N6OS. The number of hydrogen-bond acceptors (Lipinski definition) is 6. The molecule has 0 saturated heterocycles. The van der Waals surface area contributed by atoms with Crippen molar-refractivity contribution < 1.29 is 4.74 Å². The number of hydrogen-bond donors (Lipinski definition) is 3. The second kappa shape index (κ2) is 9.73. The first-order valence-electron chi connectivity index (χ1n) is 9.93. The van der Waals surface area contributed by atoms with Crippen molar-refractivity contribution in [3.8, 4) is 5.75 Å². The highest BCUT2D eigenvalue weighted by atomic mass is 32.1. The predicted molar refractivity (Wildman–Crippen MR) is 123 cm³/mol. The number of nitrogens with zero attached hydrogens (tertiary/aromatic N) is 3. The molecule has 0 aliphatic heterocycles. The van der Waals surface area contributed by atoms with Crippen LogP contribution in [0.15, 0.2) is 30.5 Å². The predicted octanol–water partition coefficient (Wildman–Crippen LogP) is 3.57. The number of aryl methyl sites for hydroxylation is 1. The van der Waals surface area contributed by atoms with Crippen LogP contribution < -0.4 is 25.6 Å². The van der Waals surface area contributed by atoms with E-state index in [9.17, 15) is 0 Å². The van der Waals surface area contributed by atoms with E-state index in [-0.39, 0.29) is 0 Å². The Morgan fingerprint density at radius 2 is 1.86 bits per heavy atom. The topological polar surface area (TPSA) is 74.3 Å². The molecule has 1 aliphatic rings. The Balaban J connectivity index is 1.48. The van der Waals surface area contributed by atoms with Crippen LogP contribution in [0.4, 0.5) is 17.5 Å². The molecule has 0 spiro atoms. The number of nitrogens with one attached hydrogen (secondary N) is 3. The van der Waals surface area contributed by atoms with Gasteiger partial charge < -0.3 is 25.6 Å². The summed E-state index contributed by atoms with van der Waals surface area (Å²) >= 11 is 5.52. The van der Waals surface area contributed by atoms with Crippen LogP contribution in [0.1, 0.15) is 31.2 Å². The van der Waals surface area contributed by atoms with Crippen LogP contribution in [0.3, 0.4) is 0 Å². The molecule has 0 bridgehead atoms. The molecule has 1 saturated carbocycles. The fourth-order valence-electron chi connectivity index (χ4n) is 3.50. The SMILES string of the molecule is COc1ccc(C)cc1NC(=S)NC1CCC(Nc2nccc(N(C)C)n2)CC1. The largest absolute Gasteiger partial charge is 0.495 e. The lowest BCUT2D eigenvalue weighted by molar-refractivity contribution is 0.387. The molecule has 3 N–H and O–H groups in total. The van der Waals surface area contributed by atoms with E-state index in [1.807, 2.05) is 50.2 Å². The molecule has 29 heavy (non-hydrogen) atoms. The van der Waals surface area contributed by atoms with E-state index in [1.54, 1.807) is 13.3 Å². The molecular weight excluding hydrogens is 384 g/mol. The summed E-state index contributed by atoms with van der Waals surface area (Å²) in [6, 6.07) is 8.65. The zero-order valence-electron chi connectivity index (χ0n) is 17.5. The van der Waals surface area contributed by atoms with E-state index < -0.39 is 0 Å². The van der Waals surface area contributed by atoms with Gasteiger partial charge in [-0.25, -0.2) is 4.98 Å². The van der Waals surface area contributed by atoms with Gasteiger partial charge in [-0.05, 0) is 68.6 Å². The zero-order valence-corrected chi connectivity index (χ0v) is 18.3. The zero-order chi connectivity index (χ0) is 20.8. The molecule has 2 aromatic rings. The summed E-state index contributed by atoms with van der Waals surface area (Å²) < 4.78 is 5.41. The van der Waals surface area contributed by atoms with Gasteiger partial charge in [-0.2, -0.15) is 4.98 Å². The van der Waals surface area contributed by atoms with Gasteiger partial charge in [0.2, 0.25) is 5.95 Å². The van der Waals surface area contributed by atoms with Crippen LogP contribution in [0.2, 0.25) is 0 Å². The Bertz CT molecular complexity index is 836. The lowest BCUT2D eigenvalue weighted by Crippen LogP contribution is -2.42. The molecule has 1 fully saturated rings. The van der Waals surface area contributed by atoms with Crippen LogP contribution in [0.5, 0.6) is 5.75 Å². The van der Waals surface area contributed by atoms with Gasteiger partial charge in [0, 0.05) is 32.4 Å². The first kappa shape index (κ1) is 21.1. The summed E-state index contributed by atoms with van der Waals surface area (Å²) in [5, 5.41) is 10.8. The average Bonchev–Trinajstić information content (AvgIpc) is 2.70. The number of thiocarbonyl (C=S) groups is 1. The van der Waals surface area contributed by atoms with Crippen molar-refractivity contribution in [3.05, 3.63) is 36.0 Å². The maximum absolute atomic E-state index is 5.52. The van der Waals surface area contributed by atoms with Crippen molar-refractivity contribution in [1.82, 2.24) is 15.3 Å². The van der Waals surface area contributed by atoms with Crippen molar-refractivity contribution in [3.63, 3.8) is 0 Å². The van der Waals surface area contributed by atoms with Gasteiger partial charge in [0.15, 0.2) is 5.11 Å². The second-order valence-electron chi connectivity index (χ2n) is 7.63. The fourth-order valence-corrected chi connectivity index (χ4v) is 3.77. The third-order valence-electron chi connectivity index (χ3n) is 5.10. The van der Waals surface area contributed by atoms with Crippen LogP contribution in [0, 0.1) is 6.92 Å². The van der Waals surface area contributed by atoms with Crippen molar-refractivity contribution >= 4 is 34.8 Å². The first-order chi connectivity index (χ1) is 13.9. The molecule has 0 unspecified atom stereocenters. The number of methoxy groups -OCH3 is 1. The van der Waals surface area contributed by atoms with Gasteiger partial charge in [0.1, 0.15) is 11.6 Å². The quantitative estimate of drug-likeness (QED) is 0.620. The summed E-state index contributed by atoms with van der Waals surface area (Å²) in [5.41, 5.74) is 2.04. The van der Waals surface area contributed by atoms with Crippen molar-refractivity contribution in [1.29, 1.82) is 0 Å². The van der Waals surface area contributed by atoms with Gasteiger partial charge in [0.25, 0.3) is 0 Å². The van der Waals surface area contributed by atoms with Crippen molar-refractivity contribution in [2.24, 2.45) is 0 Å². The second-order valence-corrected chi connectivity index (χ2v) is 8.04. The minimum Gasteiger partial charge on any atom is -0.495 e. The maximum atomic E-state index is 5.52.